The van der Waals surface area contributed by atoms with Crippen LogP contribution in [0.4, 0.5) is 4.79 Å². The van der Waals surface area contributed by atoms with E-state index in [1.165, 1.54) is 0 Å². The highest BCUT2D eigenvalue weighted by Gasteiger charge is 2.44. The molecular weight excluding hydrogens is 610 g/mol. The maximum Gasteiger partial charge on any atom is 0.407 e. The summed E-state index contributed by atoms with van der Waals surface area (Å²) >= 11 is 0. The van der Waals surface area contributed by atoms with E-state index in [9.17, 15) is 4.79 Å². The summed E-state index contributed by atoms with van der Waals surface area (Å²) in [6, 6.07) is 9.64. The van der Waals surface area contributed by atoms with Crippen LogP contribution in [-0.2, 0) is 39.8 Å². The zero-order chi connectivity index (χ0) is 35.0. The molecule has 0 aromatic heterocycles. The average Bonchev–Trinajstić information content (AvgIpc) is 3.09. The largest absolute Gasteiger partial charge is 0.445 e. The SMILES string of the molecule is CCC1O[C@@H](OCC2O[C@@H](OCC3O[C@@H](OCCCNC(=O)OCc4ccccc4)C(C)[C@@H](C)[C@@H]3C)C(C)[C@@H](C)[C@@H]2C)C(C)[C@@H](C)[C@@H]1C. The number of carbonyl (C=O) groups excluding carboxylic acids is 1. The molecule has 3 fully saturated rings. The number of amides is 1. The summed E-state index contributed by atoms with van der Waals surface area (Å²) in [5.74, 6) is 3.29. The summed E-state index contributed by atoms with van der Waals surface area (Å²) in [4.78, 5) is 12.1. The van der Waals surface area contributed by atoms with Crippen molar-refractivity contribution in [2.45, 2.75) is 126 Å². The lowest BCUT2D eigenvalue weighted by molar-refractivity contribution is -0.304. The van der Waals surface area contributed by atoms with Crippen molar-refractivity contribution in [3.63, 3.8) is 0 Å². The van der Waals surface area contributed by atoms with Crippen LogP contribution in [0.25, 0.3) is 0 Å². The third-order valence-electron chi connectivity index (χ3n) is 12.3. The molecule has 0 spiro atoms. The van der Waals surface area contributed by atoms with Gasteiger partial charge < -0.3 is 38.5 Å². The molecule has 274 valence electrons. The normalized spacial score (nSPS) is 40.3. The first-order valence-corrected chi connectivity index (χ1v) is 18.7. The van der Waals surface area contributed by atoms with Gasteiger partial charge >= 0.3 is 6.09 Å². The highest BCUT2D eigenvalue weighted by molar-refractivity contribution is 5.67. The second kappa shape index (κ2) is 18.5. The Morgan fingerprint density at radius 3 is 1.58 bits per heavy atom. The topological polar surface area (TPSA) is 93.7 Å². The summed E-state index contributed by atoms with van der Waals surface area (Å²) in [5.41, 5.74) is 0.956. The Morgan fingerprint density at radius 1 is 0.625 bits per heavy atom. The van der Waals surface area contributed by atoms with Gasteiger partial charge in [0.2, 0.25) is 0 Å². The van der Waals surface area contributed by atoms with Gasteiger partial charge in [-0.25, -0.2) is 4.79 Å². The van der Waals surface area contributed by atoms with Crippen molar-refractivity contribution in [3.05, 3.63) is 35.9 Å². The molecule has 0 radical (unpaired) electrons. The standard InChI is InChI=1S/C39H65NO8/c1-11-33-26(5)23(2)30(9)37(46-33)43-22-35-28(7)25(4)31(10)38(48-35)44-21-34-27(6)24(3)29(8)36(47-34)42-19-15-18-40-39(41)45-20-32-16-13-12-14-17-32/h12-14,16-17,23-31,33-38H,11,15,18-22H2,1-10H3,(H,40,41)/t23-,24-,25-,26-,27-,28-,29?,30?,31?,33?,34?,35?,36+,37+,38+/m0/s1. The Labute approximate surface area is 290 Å². The molecule has 48 heavy (non-hydrogen) atoms. The molecule has 0 aliphatic carbocycles. The van der Waals surface area contributed by atoms with Crippen LogP contribution in [0.5, 0.6) is 0 Å². The molecule has 1 N–H and O–H groups in total. The molecule has 3 heterocycles. The molecule has 6 unspecified atom stereocenters. The van der Waals surface area contributed by atoms with Gasteiger partial charge in [-0.3, -0.25) is 0 Å². The van der Waals surface area contributed by atoms with E-state index in [4.69, 9.17) is 33.2 Å². The first kappa shape index (κ1) is 39.0. The van der Waals surface area contributed by atoms with Gasteiger partial charge in [-0.1, -0.05) is 99.6 Å². The lowest BCUT2D eigenvalue weighted by Gasteiger charge is -2.47. The van der Waals surface area contributed by atoms with Crippen LogP contribution in [-0.4, -0.2) is 69.6 Å². The number of alkyl carbamates (subject to hydrolysis) is 1. The molecule has 0 saturated carbocycles. The van der Waals surface area contributed by atoms with Gasteiger partial charge in [0.25, 0.3) is 0 Å². The van der Waals surface area contributed by atoms with Crippen LogP contribution in [0, 0.1) is 53.3 Å². The lowest BCUT2D eigenvalue weighted by atomic mass is 9.78. The minimum Gasteiger partial charge on any atom is -0.445 e. The van der Waals surface area contributed by atoms with Crippen LogP contribution in [0.2, 0.25) is 0 Å². The van der Waals surface area contributed by atoms with E-state index < -0.39 is 6.09 Å². The van der Waals surface area contributed by atoms with Gasteiger partial charge in [-0.05, 0) is 53.9 Å². The first-order chi connectivity index (χ1) is 22.9. The number of ether oxygens (including phenoxy) is 7. The van der Waals surface area contributed by atoms with Crippen LogP contribution in [0.1, 0.15) is 87.6 Å². The van der Waals surface area contributed by atoms with Crippen molar-refractivity contribution in [1.82, 2.24) is 5.32 Å². The number of hydrogen-bond donors (Lipinski definition) is 1. The van der Waals surface area contributed by atoms with Gasteiger partial charge in [0.05, 0.1) is 38.1 Å². The average molecular weight is 676 g/mol. The molecule has 1 aromatic rings. The molecule has 1 aromatic carbocycles. The predicted octanol–water partition coefficient (Wildman–Crippen LogP) is 7.66. The lowest BCUT2D eigenvalue weighted by Crippen LogP contribution is -2.52. The van der Waals surface area contributed by atoms with Crippen LogP contribution >= 0.6 is 0 Å². The minimum absolute atomic E-state index is 0.0734. The van der Waals surface area contributed by atoms with Crippen molar-refractivity contribution < 1.29 is 38.0 Å². The third-order valence-corrected chi connectivity index (χ3v) is 12.3. The van der Waals surface area contributed by atoms with E-state index >= 15 is 0 Å². The van der Waals surface area contributed by atoms with Crippen molar-refractivity contribution in [3.8, 4) is 0 Å². The zero-order valence-electron chi connectivity index (χ0n) is 31.3. The summed E-state index contributed by atoms with van der Waals surface area (Å²) in [5, 5.41) is 2.80. The van der Waals surface area contributed by atoms with E-state index in [1.807, 2.05) is 30.3 Å². The fraction of sp³-hybridized carbons (Fsp3) is 0.821. The van der Waals surface area contributed by atoms with Gasteiger partial charge in [0.15, 0.2) is 18.9 Å². The van der Waals surface area contributed by atoms with Gasteiger partial charge in [0, 0.05) is 24.3 Å². The Balaban J connectivity index is 1.22. The summed E-state index contributed by atoms with van der Waals surface area (Å²) < 4.78 is 44.1. The van der Waals surface area contributed by atoms with Crippen molar-refractivity contribution in [2.75, 3.05) is 26.4 Å². The first-order valence-electron chi connectivity index (χ1n) is 18.7. The monoisotopic (exact) mass is 675 g/mol. The molecule has 3 saturated heterocycles. The summed E-state index contributed by atoms with van der Waals surface area (Å²) in [7, 11) is 0. The van der Waals surface area contributed by atoms with Crippen molar-refractivity contribution >= 4 is 6.09 Å². The van der Waals surface area contributed by atoms with E-state index in [0.29, 0.717) is 74.2 Å². The second-order valence-corrected chi connectivity index (χ2v) is 15.1. The smallest absolute Gasteiger partial charge is 0.407 e. The van der Waals surface area contributed by atoms with E-state index in [-0.39, 0.29) is 55.6 Å². The van der Waals surface area contributed by atoms with Gasteiger partial charge in [-0.2, -0.15) is 0 Å². The highest BCUT2D eigenvalue weighted by Crippen LogP contribution is 2.40. The number of rotatable bonds is 14. The maximum absolute atomic E-state index is 12.1. The van der Waals surface area contributed by atoms with Gasteiger partial charge in [0.1, 0.15) is 6.61 Å². The summed E-state index contributed by atoms with van der Waals surface area (Å²) in [6.45, 7) is 24.6. The molecule has 9 heteroatoms. The van der Waals surface area contributed by atoms with Crippen molar-refractivity contribution in [1.29, 1.82) is 0 Å². The Kier molecular flexibility index (Phi) is 15.0. The van der Waals surface area contributed by atoms with E-state index in [0.717, 1.165) is 12.0 Å². The Hall–Kier alpha value is -1.75. The molecule has 15 atom stereocenters. The Morgan fingerprint density at radius 2 is 1.08 bits per heavy atom. The van der Waals surface area contributed by atoms with Crippen LogP contribution in [0.15, 0.2) is 30.3 Å². The highest BCUT2D eigenvalue weighted by atomic mass is 16.7. The molecule has 0 bridgehead atoms. The van der Waals surface area contributed by atoms with Gasteiger partial charge in [-0.15, -0.1) is 0 Å². The van der Waals surface area contributed by atoms with E-state index in [1.54, 1.807) is 0 Å². The number of carbonyl (C=O) groups is 1. The Bertz CT molecular complexity index is 1090. The molecular formula is C39H65NO8. The number of hydrogen-bond acceptors (Lipinski definition) is 8. The third kappa shape index (κ3) is 9.94. The second-order valence-electron chi connectivity index (χ2n) is 15.1. The molecule has 9 nitrogen and oxygen atoms in total. The number of benzene rings is 1. The zero-order valence-corrected chi connectivity index (χ0v) is 31.3. The molecule has 4 rings (SSSR count). The minimum atomic E-state index is -0.427. The predicted molar refractivity (Wildman–Crippen MR) is 186 cm³/mol. The van der Waals surface area contributed by atoms with Crippen LogP contribution in [0.3, 0.4) is 0 Å². The summed E-state index contributed by atoms with van der Waals surface area (Å²) in [6.07, 6.45) is 0.371. The fourth-order valence-electron chi connectivity index (χ4n) is 7.50. The molecule has 3 aliphatic heterocycles. The van der Waals surface area contributed by atoms with E-state index in [2.05, 4.69) is 74.6 Å². The number of nitrogens with one attached hydrogen (secondary N) is 1. The van der Waals surface area contributed by atoms with Crippen LogP contribution < -0.4 is 5.32 Å². The maximum atomic E-state index is 12.1. The molecule has 1 amide bonds. The molecule has 3 aliphatic rings. The van der Waals surface area contributed by atoms with Crippen molar-refractivity contribution in [2.24, 2.45) is 53.3 Å². The fourth-order valence-corrected chi connectivity index (χ4v) is 7.50. The quantitative estimate of drug-likeness (QED) is 0.201.